The number of anilines is 1. The summed E-state index contributed by atoms with van der Waals surface area (Å²) in [4.78, 5) is 25.6. The van der Waals surface area contributed by atoms with Crippen LogP contribution >= 0.6 is 11.6 Å². The third-order valence-corrected chi connectivity index (χ3v) is 8.23. The number of aliphatic hydroxyl groups excluding tert-OH is 1. The minimum atomic E-state index is -2.61. The van der Waals surface area contributed by atoms with E-state index in [2.05, 4.69) is 0 Å². The predicted octanol–water partition coefficient (Wildman–Crippen LogP) is 2.50. The molecule has 1 spiro atoms. The van der Waals surface area contributed by atoms with Crippen LogP contribution in [0.1, 0.15) is 18.9 Å². The van der Waals surface area contributed by atoms with E-state index in [4.69, 9.17) is 16.3 Å². The second kappa shape index (κ2) is 5.81. The number of hydrogen-bond acceptors (Lipinski definition) is 4. The highest BCUT2D eigenvalue weighted by Gasteiger charge is 2.65. The fraction of sp³-hybridized carbons (Fsp3) is 0.588. The molecule has 1 aromatic carbocycles. The summed E-state index contributed by atoms with van der Waals surface area (Å²) in [5.41, 5.74) is 0.273. The third kappa shape index (κ3) is 2.35. The Morgan fingerprint density at radius 2 is 2.08 bits per heavy atom. The number of carbonyl (C=O) groups excluding carboxylic acids is 1. The minimum absolute atomic E-state index is 0.0408. The molecular weight excluding hydrogens is 346 g/mol. The van der Waals surface area contributed by atoms with E-state index in [1.165, 1.54) is 0 Å². The molecular formula is C17H24ClNO4Si. The van der Waals surface area contributed by atoms with Crippen molar-refractivity contribution < 1.29 is 19.4 Å². The van der Waals surface area contributed by atoms with Gasteiger partial charge in [-0.05, 0) is 37.7 Å². The summed E-state index contributed by atoms with van der Waals surface area (Å²) in [7, 11) is -0.875. The number of hydrogen-bond donors (Lipinski definition) is 2. The minimum Gasteiger partial charge on any atom is -0.432 e. The van der Waals surface area contributed by atoms with Crippen molar-refractivity contribution in [2.75, 3.05) is 18.6 Å². The Bertz CT molecular complexity index is 677. The van der Waals surface area contributed by atoms with Crippen molar-refractivity contribution in [2.24, 2.45) is 5.92 Å². The van der Waals surface area contributed by atoms with E-state index in [1.54, 1.807) is 24.1 Å². The molecule has 4 atom stereocenters. The van der Waals surface area contributed by atoms with Gasteiger partial charge in [-0.25, -0.2) is 0 Å². The SMILES string of the molecule is C[C@H]1[C@H]([Si](C)(C)O)[C@@H](CCO)O[C@]12C(=O)N(C)c1ccc(Cl)cc12. The number of rotatable bonds is 3. The number of carbonyl (C=O) groups is 1. The number of benzene rings is 1. The summed E-state index contributed by atoms with van der Waals surface area (Å²) >= 11 is 6.19. The first-order valence-electron chi connectivity index (χ1n) is 8.23. The fourth-order valence-electron chi connectivity index (χ4n) is 4.55. The molecule has 1 fully saturated rings. The fourth-order valence-corrected chi connectivity index (χ4v) is 7.33. The molecule has 0 aromatic heterocycles. The molecule has 132 valence electrons. The molecule has 2 aliphatic rings. The number of halogens is 1. The second-order valence-corrected chi connectivity index (χ2v) is 11.8. The van der Waals surface area contributed by atoms with Crippen molar-refractivity contribution in [2.45, 2.75) is 43.7 Å². The second-order valence-electron chi connectivity index (χ2n) is 7.40. The number of nitrogens with zero attached hydrogens (tertiary/aromatic N) is 1. The van der Waals surface area contributed by atoms with Crippen LogP contribution in [0, 0.1) is 5.92 Å². The molecule has 0 saturated carbocycles. The van der Waals surface area contributed by atoms with Crippen molar-refractivity contribution in [1.82, 2.24) is 0 Å². The Hall–Kier alpha value is -0.923. The van der Waals surface area contributed by atoms with Gasteiger partial charge in [0, 0.05) is 35.7 Å². The van der Waals surface area contributed by atoms with Gasteiger partial charge in [-0.2, -0.15) is 0 Å². The summed E-state index contributed by atoms with van der Waals surface area (Å²) in [5, 5.41) is 9.97. The van der Waals surface area contributed by atoms with Gasteiger partial charge < -0.3 is 19.5 Å². The maximum atomic E-state index is 13.2. The van der Waals surface area contributed by atoms with Crippen molar-refractivity contribution >= 4 is 31.5 Å². The van der Waals surface area contributed by atoms with Crippen LogP contribution in [-0.4, -0.2) is 43.9 Å². The van der Waals surface area contributed by atoms with Gasteiger partial charge >= 0.3 is 0 Å². The zero-order chi connectivity index (χ0) is 17.9. The predicted molar refractivity (Wildman–Crippen MR) is 95.7 cm³/mol. The van der Waals surface area contributed by atoms with Crippen LogP contribution in [0.3, 0.4) is 0 Å². The smallest absolute Gasteiger partial charge is 0.264 e. The lowest BCUT2D eigenvalue weighted by Gasteiger charge is -2.32. The molecule has 0 aliphatic carbocycles. The van der Waals surface area contributed by atoms with Crippen LogP contribution in [0.15, 0.2) is 18.2 Å². The van der Waals surface area contributed by atoms with E-state index < -0.39 is 13.9 Å². The first kappa shape index (κ1) is 17.9. The van der Waals surface area contributed by atoms with E-state index in [0.29, 0.717) is 11.4 Å². The quantitative estimate of drug-likeness (QED) is 0.803. The molecule has 5 nitrogen and oxygen atoms in total. The molecule has 0 unspecified atom stereocenters. The largest absolute Gasteiger partial charge is 0.432 e. The molecule has 1 amide bonds. The maximum absolute atomic E-state index is 13.2. The number of ether oxygens (including phenoxy) is 1. The Morgan fingerprint density at radius 3 is 2.67 bits per heavy atom. The summed E-state index contributed by atoms with van der Waals surface area (Å²) in [6.07, 6.45) is 0.0552. The molecule has 3 rings (SSSR count). The molecule has 2 heterocycles. The van der Waals surface area contributed by atoms with Gasteiger partial charge in [-0.3, -0.25) is 4.79 Å². The molecule has 0 bridgehead atoms. The third-order valence-electron chi connectivity index (χ3n) is 5.49. The summed E-state index contributed by atoms with van der Waals surface area (Å²) < 4.78 is 6.33. The van der Waals surface area contributed by atoms with Crippen LogP contribution < -0.4 is 4.90 Å². The summed E-state index contributed by atoms with van der Waals surface area (Å²) in [6.45, 7) is 5.65. The van der Waals surface area contributed by atoms with Gasteiger partial charge in [0.1, 0.15) is 0 Å². The van der Waals surface area contributed by atoms with Gasteiger partial charge in [0.2, 0.25) is 0 Å². The topological polar surface area (TPSA) is 70.0 Å². The van der Waals surface area contributed by atoms with Crippen molar-refractivity contribution in [1.29, 1.82) is 0 Å². The van der Waals surface area contributed by atoms with Crippen LogP contribution in [0.5, 0.6) is 0 Å². The number of likely N-dealkylation sites (N-methyl/N-ethyl adjacent to an activating group) is 1. The normalized spacial score (nSPS) is 32.7. The highest BCUT2D eigenvalue weighted by atomic mass is 35.5. The average molecular weight is 370 g/mol. The molecule has 2 aliphatic heterocycles. The highest BCUT2D eigenvalue weighted by molar-refractivity contribution is 6.71. The van der Waals surface area contributed by atoms with Crippen molar-refractivity contribution in [3.8, 4) is 0 Å². The lowest BCUT2D eigenvalue weighted by molar-refractivity contribution is -0.146. The Labute approximate surface area is 148 Å². The molecule has 24 heavy (non-hydrogen) atoms. The number of amides is 1. The average Bonchev–Trinajstić information content (AvgIpc) is 2.88. The summed E-state index contributed by atoms with van der Waals surface area (Å²) in [5.74, 6) is -0.327. The molecule has 1 aromatic rings. The van der Waals surface area contributed by atoms with E-state index in [0.717, 1.165) is 11.3 Å². The van der Waals surface area contributed by atoms with Crippen LogP contribution in [-0.2, 0) is 15.1 Å². The van der Waals surface area contributed by atoms with Crippen molar-refractivity contribution in [3.63, 3.8) is 0 Å². The first-order chi connectivity index (χ1) is 11.1. The van der Waals surface area contributed by atoms with Gasteiger partial charge in [0.25, 0.3) is 5.91 Å². The van der Waals surface area contributed by atoms with E-state index in [1.807, 2.05) is 26.1 Å². The van der Waals surface area contributed by atoms with E-state index >= 15 is 0 Å². The van der Waals surface area contributed by atoms with Gasteiger partial charge in [0.05, 0.1) is 11.8 Å². The molecule has 2 N–H and O–H groups in total. The lowest BCUT2D eigenvalue weighted by Crippen LogP contribution is -2.45. The van der Waals surface area contributed by atoms with Gasteiger partial charge in [-0.1, -0.05) is 18.5 Å². The molecule has 1 saturated heterocycles. The highest BCUT2D eigenvalue weighted by Crippen LogP contribution is 2.59. The van der Waals surface area contributed by atoms with Gasteiger partial charge in [-0.15, -0.1) is 0 Å². The lowest BCUT2D eigenvalue weighted by atomic mass is 9.82. The monoisotopic (exact) mass is 369 g/mol. The number of aliphatic hydroxyl groups is 1. The Kier molecular flexibility index (Phi) is 4.33. The standard InChI is InChI=1S/C17H24ClNO4Si/c1-10-15(24(3,4)22)14(7-8-20)23-17(10)12-9-11(18)5-6-13(12)19(2)16(17)21/h5-6,9-10,14-15,20,22H,7-8H2,1-4H3/t10-,14+,15-,17+/m0/s1. The van der Waals surface area contributed by atoms with Crippen LogP contribution in [0.25, 0.3) is 0 Å². The van der Waals surface area contributed by atoms with Crippen LogP contribution in [0.4, 0.5) is 5.69 Å². The zero-order valence-electron chi connectivity index (χ0n) is 14.4. The maximum Gasteiger partial charge on any atom is 0.264 e. The first-order valence-corrected chi connectivity index (χ1v) is 11.6. The summed E-state index contributed by atoms with van der Waals surface area (Å²) in [6, 6.07) is 5.38. The zero-order valence-corrected chi connectivity index (χ0v) is 16.2. The van der Waals surface area contributed by atoms with Gasteiger partial charge in [0.15, 0.2) is 13.9 Å². The van der Waals surface area contributed by atoms with Crippen LogP contribution in [0.2, 0.25) is 23.7 Å². The van der Waals surface area contributed by atoms with E-state index in [-0.39, 0.29) is 30.1 Å². The van der Waals surface area contributed by atoms with Crippen molar-refractivity contribution in [3.05, 3.63) is 28.8 Å². The molecule has 7 heteroatoms. The van der Waals surface area contributed by atoms with E-state index in [9.17, 15) is 14.7 Å². The molecule has 0 radical (unpaired) electrons. The number of fused-ring (bicyclic) bond motifs is 2. The Balaban J connectivity index is 2.17. The Morgan fingerprint density at radius 1 is 1.42 bits per heavy atom.